The molecular formula is C10H13NO2S. The third-order valence-corrected chi connectivity index (χ3v) is 3.10. The maximum Gasteiger partial charge on any atom is 0.175 e. The molecule has 1 rings (SSSR count). The van der Waals surface area contributed by atoms with E-state index in [9.17, 15) is 8.42 Å². The van der Waals surface area contributed by atoms with Crippen molar-refractivity contribution in [2.45, 2.75) is 10.9 Å². The Morgan fingerprint density at radius 1 is 1.43 bits per heavy atom. The lowest BCUT2D eigenvalue weighted by Crippen LogP contribution is -2.11. The topological polar surface area (TPSA) is 60.2 Å². The van der Waals surface area contributed by atoms with Gasteiger partial charge in [0.15, 0.2) is 9.84 Å². The fourth-order valence-corrected chi connectivity index (χ4v) is 2.18. The van der Waals surface area contributed by atoms with E-state index in [4.69, 9.17) is 5.73 Å². The van der Waals surface area contributed by atoms with E-state index in [0.29, 0.717) is 5.56 Å². The lowest BCUT2D eigenvalue weighted by atomic mass is 10.1. The van der Waals surface area contributed by atoms with Crippen molar-refractivity contribution in [2.75, 3.05) is 6.26 Å². The normalized spacial score (nSPS) is 13.6. The molecule has 0 heterocycles. The number of hydrogen-bond donors (Lipinski definition) is 1. The standard InChI is InChI=1S/C10H13NO2S/c1-3-9(11)8-6-4-5-7-10(8)14(2,12)13/h3-7,9H,1,11H2,2H3/t9-/m0/s1. The van der Waals surface area contributed by atoms with Crippen LogP contribution in [0.15, 0.2) is 41.8 Å². The molecule has 0 amide bonds. The quantitative estimate of drug-likeness (QED) is 0.766. The largest absolute Gasteiger partial charge is 0.321 e. The van der Waals surface area contributed by atoms with Gasteiger partial charge in [-0.2, -0.15) is 0 Å². The van der Waals surface area contributed by atoms with E-state index in [-0.39, 0.29) is 4.90 Å². The molecule has 2 N–H and O–H groups in total. The molecule has 14 heavy (non-hydrogen) atoms. The summed E-state index contributed by atoms with van der Waals surface area (Å²) in [5.41, 5.74) is 6.30. The SMILES string of the molecule is C=C[C@H](N)c1ccccc1S(C)(=O)=O. The molecule has 1 aromatic rings. The molecule has 0 saturated heterocycles. The summed E-state index contributed by atoms with van der Waals surface area (Å²) in [6.45, 7) is 3.54. The summed E-state index contributed by atoms with van der Waals surface area (Å²) in [7, 11) is -3.22. The van der Waals surface area contributed by atoms with Crippen LogP contribution in [-0.4, -0.2) is 14.7 Å². The second kappa shape index (κ2) is 3.94. The zero-order valence-electron chi connectivity index (χ0n) is 7.97. The van der Waals surface area contributed by atoms with Crippen molar-refractivity contribution >= 4 is 9.84 Å². The lowest BCUT2D eigenvalue weighted by Gasteiger charge is -2.11. The summed E-state index contributed by atoms with van der Waals surface area (Å²) >= 11 is 0. The molecule has 0 aliphatic rings. The Morgan fingerprint density at radius 3 is 2.50 bits per heavy atom. The Morgan fingerprint density at radius 2 is 2.00 bits per heavy atom. The lowest BCUT2D eigenvalue weighted by molar-refractivity contribution is 0.600. The van der Waals surface area contributed by atoms with Gasteiger partial charge in [-0.25, -0.2) is 8.42 Å². The van der Waals surface area contributed by atoms with Crippen LogP contribution in [0.2, 0.25) is 0 Å². The molecule has 4 heteroatoms. The number of rotatable bonds is 3. The predicted molar refractivity (Wildman–Crippen MR) is 56.7 cm³/mol. The highest BCUT2D eigenvalue weighted by Gasteiger charge is 2.15. The maximum atomic E-state index is 11.4. The van der Waals surface area contributed by atoms with Gasteiger partial charge in [0.25, 0.3) is 0 Å². The zero-order valence-corrected chi connectivity index (χ0v) is 8.79. The van der Waals surface area contributed by atoms with Crippen molar-refractivity contribution in [3.63, 3.8) is 0 Å². The molecule has 0 bridgehead atoms. The summed E-state index contributed by atoms with van der Waals surface area (Å²) in [6.07, 6.45) is 2.69. The second-order valence-corrected chi connectivity index (χ2v) is 5.06. The van der Waals surface area contributed by atoms with Crippen LogP contribution in [0.1, 0.15) is 11.6 Å². The molecule has 1 aromatic carbocycles. The first kappa shape index (κ1) is 10.9. The molecule has 0 aliphatic heterocycles. The second-order valence-electron chi connectivity index (χ2n) is 3.07. The van der Waals surface area contributed by atoms with Crippen LogP contribution in [0.3, 0.4) is 0 Å². The first-order valence-electron chi connectivity index (χ1n) is 4.14. The zero-order chi connectivity index (χ0) is 10.8. The maximum absolute atomic E-state index is 11.4. The Balaban J connectivity index is 3.37. The van der Waals surface area contributed by atoms with Crippen LogP contribution in [0.4, 0.5) is 0 Å². The van der Waals surface area contributed by atoms with Gasteiger partial charge in [0.1, 0.15) is 0 Å². The first-order valence-corrected chi connectivity index (χ1v) is 6.03. The minimum Gasteiger partial charge on any atom is -0.321 e. The van der Waals surface area contributed by atoms with Gasteiger partial charge in [0.2, 0.25) is 0 Å². The fourth-order valence-electron chi connectivity index (χ4n) is 1.22. The van der Waals surface area contributed by atoms with Crippen LogP contribution >= 0.6 is 0 Å². The Bertz CT molecular complexity index is 437. The van der Waals surface area contributed by atoms with E-state index in [1.807, 2.05) is 0 Å². The van der Waals surface area contributed by atoms with E-state index in [1.54, 1.807) is 24.3 Å². The summed E-state index contributed by atoms with van der Waals surface area (Å²) in [4.78, 5) is 0.271. The number of nitrogens with two attached hydrogens (primary N) is 1. The van der Waals surface area contributed by atoms with E-state index >= 15 is 0 Å². The molecule has 0 aromatic heterocycles. The average molecular weight is 211 g/mol. The molecule has 0 fully saturated rings. The molecule has 0 aliphatic carbocycles. The number of hydrogen-bond acceptors (Lipinski definition) is 3. The summed E-state index contributed by atoms with van der Waals surface area (Å²) < 4.78 is 22.8. The summed E-state index contributed by atoms with van der Waals surface area (Å²) in [5.74, 6) is 0. The van der Waals surface area contributed by atoms with Gasteiger partial charge in [-0.1, -0.05) is 24.3 Å². The van der Waals surface area contributed by atoms with E-state index in [1.165, 1.54) is 12.3 Å². The van der Waals surface area contributed by atoms with Crippen molar-refractivity contribution in [2.24, 2.45) is 5.73 Å². The minimum absolute atomic E-state index is 0.271. The van der Waals surface area contributed by atoms with Crippen LogP contribution in [0.5, 0.6) is 0 Å². The van der Waals surface area contributed by atoms with Crippen molar-refractivity contribution in [3.8, 4) is 0 Å². The molecular weight excluding hydrogens is 198 g/mol. The highest BCUT2D eigenvalue weighted by Crippen LogP contribution is 2.21. The molecule has 0 saturated carbocycles. The Labute approximate surface area is 84.2 Å². The Kier molecular flexibility index (Phi) is 3.08. The van der Waals surface area contributed by atoms with Gasteiger partial charge in [0.05, 0.1) is 4.90 Å². The molecule has 76 valence electrons. The van der Waals surface area contributed by atoms with Gasteiger partial charge < -0.3 is 5.73 Å². The fraction of sp³-hybridized carbons (Fsp3) is 0.200. The number of benzene rings is 1. The van der Waals surface area contributed by atoms with Crippen molar-refractivity contribution in [3.05, 3.63) is 42.5 Å². The van der Waals surface area contributed by atoms with E-state index < -0.39 is 15.9 Å². The van der Waals surface area contributed by atoms with Crippen molar-refractivity contribution < 1.29 is 8.42 Å². The number of sulfone groups is 1. The first-order chi connectivity index (χ1) is 6.46. The molecule has 0 unspecified atom stereocenters. The van der Waals surface area contributed by atoms with Crippen LogP contribution < -0.4 is 5.73 Å². The smallest absolute Gasteiger partial charge is 0.175 e. The third kappa shape index (κ3) is 2.21. The van der Waals surface area contributed by atoms with Gasteiger partial charge in [-0.05, 0) is 11.6 Å². The monoisotopic (exact) mass is 211 g/mol. The van der Waals surface area contributed by atoms with E-state index in [2.05, 4.69) is 6.58 Å². The van der Waals surface area contributed by atoms with Crippen molar-refractivity contribution in [1.82, 2.24) is 0 Å². The van der Waals surface area contributed by atoms with Gasteiger partial charge in [-0.15, -0.1) is 6.58 Å². The molecule has 3 nitrogen and oxygen atoms in total. The molecule has 0 radical (unpaired) electrons. The molecule has 1 atom stereocenters. The van der Waals surface area contributed by atoms with Crippen LogP contribution in [0.25, 0.3) is 0 Å². The summed E-state index contributed by atoms with van der Waals surface area (Å²) in [6, 6.07) is 6.24. The summed E-state index contributed by atoms with van der Waals surface area (Å²) in [5, 5.41) is 0. The van der Waals surface area contributed by atoms with Crippen molar-refractivity contribution in [1.29, 1.82) is 0 Å². The minimum atomic E-state index is -3.22. The highest BCUT2D eigenvalue weighted by molar-refractivity contribution is 7.90. The van der Waals surface area contributed by atoms with E-state index in [0.717, 1.165) is 0 Å². The predicted octanol–water partition coefficient (Wildman–Crippen LogP) is 1.28. The molecule has 0 spiro atoms. The Hall–Kier alpha value is -1.13. The average Bonchev–Trinajstić information content (AvgIpc) is 2.15. The third-order valence-electron chi connectivity index (χ3n) is 1.93. The van der Waals surface area contributed by atoms with Crippen LogP contribution in [0, 0.1) is 0 Å². The van der Waals surface area contributed by atoms with Gasteiger partial charge in [0, 0.05) is 12.3 Å². The highest BCUT2D eigenvalue weighted by atomic mass is 32.2. The van der Waals surface area contributed by atoms with Crippen LogP contribution in [-0.2, 0) is 9.84 Å². The van der Waals surface area contributed by atoms with Gasteiger partial charge in [-0.3, -0.25) is 0 Å². The van der Waals surface area contributed by atoms with Gasteiger partial charge >= 0.3 is 0 Å².